The van der Waals surface area contributed by atoms with Gasteiger partial charge in [0.15, 0.2) is 0 Å². The molecule has 3 amide bonds. The lowest BCUT2D eigenvalue weighted by Gasteiger charge is -2.33. The molecular formula is C42H47N3O6S2. The number of ether oxygens (including phenoxy) is 2. The lowest BCUT2D eigenvalue weighted by molar-refractivity contribution is -0.116. The molecule has 0 aliphatic heterocycles. The van der Waals surface area contributed by atoms with E-state index in [9.17, 15) is 19.2 Å². The van der Waals surface area contributed by atoms with Crippen molar-refractivity contribution >= 4 is 63.6 Å². The summed E-state index contributed by atoms with van der Waals surface area (Å²) in [6.45, 7) is 10.7. The summed E-state index contributed by atoms with van der Waals surface area (Å²) in [5, 5.41) is 8.82. The number of benzene rings is 3. The molecular weight excluding hydrogens is 707 g/mol. The number of nitrogens with one attached hydrogen (secondary N) is 3. The molecule has 2 unspecified atom stereocenters. The molecule has 0 saturated carbocycles. The normalized spacial score (nSPS) is 14.8. The number of esters is 1. The van der Waals surface area contributed by atoms with Gasteiger partial charge in [-0.15, -0.1) is 23.1 Å². The van der Waals surface area contributed by atoms with Crippen molar-refractivity contribution in [2.45, 2.75) is 70.4 Å². The smallest absolute Gasteiger partial charge is 0.341 e. The largest absolute Gasteiger partial charge is 0.497 e. The molecule has 3 aromatic carbocycles. The van der Waals surface area contributed by atoms with Gasteiger partial charge in [0, 0.05) is 21.0 Å². The summed E-state index contributed by atoms with van der Waals surface area (Å²) in [6, 6.07) is 23.0. The Bertz CT molecular complexity index is 1960. The van der Waals surface area contributed by atoms with Crippen LogP contribution in [0, 0.1) is 11.3 Å². The molecule has 1 aliphatic rings. The van der Waals surface area contributed by atoms with Crippen molar-refractivity contribution in [3.63, 3.8) is 0 Å². The Kier molecular flexibility index (Phi) is 13.2. The van der Waals surface area contributed by atoms with Crippen LogP contribution in [0.25, 0.3) is 6.08 Å². The number of hydrogen-bond acceptors (Lipinski definition) is 8. The number of anilines is 2. The molecule has 0 saturated heterocycles. The average Bonchev–Trinajstić information content (AvgIpc) is 3.51. The highest BCUT2D eigenvalue weighted by molar-refractivity contribution is 8.00. The lowest BCUT2D eigenvalue weighted by atomic mass is 9.72. The van der Waals surface area contributed by atoms with Crippen molar-refractivity contribution in [2.75, 3.05) is 24.4 Å². The molecule has 0 bridgehead atoms. The zero-order valence-electron chi connectivity index (χ0n) is 31.0. The lowest BCUT2D eigenvalue weighted by Crippen LogP contribution is -2.30. The van der Waals surface area contributed by atoms with Crippen LogP contribution in [0.1, 0.15) is 84.2 Å². The van der Waals surface area contributed by atoms with Gasteiger partial charge in [0.25, 0.3) is 11.8 Å². The third kappa shape index (κ3) is 10.2. The molecule has 2 atom stereocenters. The van der Waals surface area contributed by atoms with Crippen molar-refractivity contribution in [3.05, 3.63) is 112 Å². The van der Waals surface area contributed by atoms with E-state index in [1.54, 1.807) is 86.8 Å². The summed E-state index contributed by atoms with van der Waals surface area (Å²) in [5.74, 6) is -0.408. The van der Waals surface area contributed by atoms with Gasteiger partial charge in [-0.3, -0.25) is 14.4 Å². The fourth-order valence-corrected chi connectivity index (χ4v) is 8.50. The summed E-state index contributed by atoms with van der Waals surface area (Å²) < 4.78 is 10.7. The quantitative estimate of drug-likeness (QED) is 0.0708. The molecule has 53 heavy (non-hydrogen) atoms. The molecule has 1 aromatic heterocycles. The molecule has 9 nitrogen and oxygen atoms in total. The highest BCUT2D eigenvalue weighted by Gasteiger charge is 2.35. The molecule has 3 N–H and O–H groups in total. The number of carbonyl (C=O) groups excluding carboxylic acids is 4. The second-order valence-corrected chi connectivity index (χ2v) is 16.3. The first-order valence-electron chi connectivity index (χ1n) is 17.8. The first-order valence-corrected chi connectivity index (χ1v) is 19.5. The Morgan fingerprint density at radius 1 is 0.962 bits per heavy atom. The number of thioether (sulfide) groups is 1. The molecule has 4 aromatic rings. The summed E-state index contributed by atoms with van der Waals surface area (Å²) >= 11 is 2.86. The highest BCUT2D eigenvalue weighted by atomic mass is 32.2. The van der Waals surface area contributed by atoms with Gasteiger partial charge in [-0.1, -0.05) is 64.1 Å². The minimum atomic E-state index is -0.515. The number of methoxy groups -OCH3 is 1. The van der Waals surface area contributed by atoms with Crippen molar-refractivity contribution in [2.24, 2.45) is 11.3 Å². The van der Waals surface area contributed by atoms with Gasteiger partial charge in [-0.05, 0) is 104 Å². The van der Waals surface area contributed by atoms with Crippen LogP contribution in [0.4, 0.5) is 10.7 Å². The molecule has 1 aliphatic carbocycles. The minimum Gasteiger partial charge on any atom is -0.497 e. The van der Waals surface area contributed by atoms with Crippen LogP contribution in [0.2, 0.25) is 0 Å². The maximum atomic E-state index is 13.8. The van der Waals surface area contributed by atoms with E-state index in [1.807, 2.05) is 19.1 Å². The van der Waals surface area contributed by atoms with E-state index < -0.39 is 23.0 Å². The number of thiophene rings is 1. The van der Waals surface area contributed by atoms with Crippen LogP contribution in [-0.2, 0) is 27.2 Å². The van der Waals surface area contributed by atoms with E-state index in [0.717, 1.165) is 34.6 Å². The van der Waals surface area contributed by atoms with Crippen molar-refractivity contribution in [1.82, 2.24) is 5.32 Å². The van der Waals surface area contributed by atoms with Gasteiger partial charge in [-0.25, -0.2) is 4.79 Å². The first-order chi connectivity index (χ1) is 25.4. The topological polar surface area (TPSA) is 123 Å². The van der Waals surface area contributed by atoms with Crippen LogP contribution in [0.15, 0.2) is 89.5 Å². The van der Waals surface area contributed by atoms with Crippen LogP contribution < -0.4 is 20.7 Å². The van der Waals surface area contributed by atoms with Gasteiger partial charge < -0.3 is 25.4 Å². The van der Waals surface area contributed by atoms with E-state index >= 15 is 0 Å². The van der Waals surface area contributed by atoms with E-state index in [0.29, 0.717) is 45.5 Å². The monoisotopic (exact) mass is 753 g/mol. The summed E-state index contributed by atoms with van der Waals surface area (Å²) in [7, 11) is 1.57. The predicted molar refractivity (Wildman–Crippen MR) is 214 cm³/mol. The third-order valence-electron chi connectivity index (χ3n) is 9.20. The third-order valence-corrected chi connectivity index (χ3v) is 11.7. The number of hydrogen-bond donors (Lipinski definition) is 3. The zero-order chi connectivity index (χ0) is 38.1. The van der Waals surface area contributed by atoms with E-state index in [-0.39, 0.29) is 23.6 Å². The zero-order valence-corrected chi connectivity index (χ0v) is 32.7. The van der Waals surface area contributed by atoms with Gasteiger partial charge in [-0.2, -0.15) is 0 Å². The van der Waals surface area contributed by atoms with E-state index in [2.05, 4.69) is 36.7 Å². The summed E-state index contributed by atoms with van der Waals surface area (Å²) in [5.41, 5.74) is 3.26. The standard InChI is InChI=1S/C42H47N3O6S2/c1-7-34(39(48)45-40-36(41(49)51-8-2)32-22-19-28(42(3,4)5)24-35(32)53-40)52-31-16-12-15-29(25-31)43-38(47)33(23-26-17-20-30(50-6)21-18-26)44-37(46)27-13-10-9-11-14-27/h9-18,20-21,23,25,28,34H,7-8,19,22,24H2,1-6H3,(H,43,47)(H,44,46)(H,45,48)/b33-23+. The van der Waals surface area contributed by atoms with Crippen molar-refractivity contribution in [1.29, 1.82) is 0 Å². The molecule has 278 valence electrons. The Labute approximate surface area is 319 Å². The second kappa shape index (κ2) is 17.8. The van der Waals surface area contributed by atoms with E-state index in [4.69, 9.17) is 9.47 Å². The van der Waals surface area contributed by atoms with Crippen LogP contribution in [0.3, 0.4) is 0 Å². The first kappa shape index (κ1) is 39.3. The fourth-order valence-electron chi connectivity index (χ4n) is 6.17. The molecule has 0 spiro atoms. The van der Waals surface area contributed by atoms with E-state index in [1.165, 1.54) is 23.1 Å². The molecule has 1 heterocycles. The van der Waals surface area contributed by atoms with Crippen LogP contribution in [-0.4, -0.2) is 42.7 Å². The Hall–Kier alpha value is -4.87. The molecule has 0 radical (unpaired) electrons. The summed E-state index contributed by atoms with van der Waals surface area (Å²) in [4.78, 5) is 55.7. The minimum absolute atomic E-state index is 0.0535. The molecule has 5 rings (SSSR count). The molecule has 0 fully saturated rings. The maximum Gasteiger partial charge on any atom is 0.341 e. The van der Waals surface area contributed by atoms with Gasteiger partial charge >= 0.3 is 5.97 Å². The number of rotatable bonds is 13. The fraction of sp³-hybridized carbons (Fsp3) is 0.333. The van der Waals surface area contributed by atoms with Crippen LogP contribution >= 0.6 is 23.1 Å². The Morgan fingerprint density at radius 2 is 1.70 bits per heavy atom. The number of fused-ring (bicyclic) bond motifs is 1. The number of amides is 3. The van der Waals surface area contributed by atoms with Crippen molar-refractivity contribution in [3.8, 4) is 5.75 Å². The van der Waals surface area contributed by atoms with Crippen LogP contribution in [0.5, 0.6) is 5.75 Å². The maximum absolute atomic E-state index is 13.8. The Morgan fingerprint density at radius 3 is 2.36 bits per heavy atom. The Balaban J connectivity index is 1.32. The summed E-state index contributed by atoms with van der Waals surface area (Å²) in [6.07, 6.45) is 4.74. The average molecular weight is 754 g/mol. The molecule has 11 heteroatoms. The number of carbonyl (C=O) groups is 4. The highest BCUT2D eigenvalue weighted by Crippen LogP contribution is 2.45. The van der Waals surface area contributed by atoms with Gasteiger partial charge in [0.1, 0.15) is 16.4 Å². The predicted octanol–water partition coefficient (Wildman–Crippen LogP) is 9.00. The second-order valence-electron chi connectivity index (χ2n) is 13.9. The van der Waals surface area contributed by atoms with Gasteiger partial charge in [0.2, 0.25) is 5.91 Å². The van der Waals surface area contributed by atoms with Gasteiger partial charge in [0.05, 0.1) is 24.5 Å². The van der Waals surface area contributed by atoms with Crippen molar-refractivity contribution < 1.29 is 28.7 Å². The SMILES string of the molecule is CCOC(=O)c1c(NC(=O)C(CC)Sc2cccc(NC(=O)/C(=C\c3ccc(OC)cc3)NC(=O)c3ccccc3)c2)sc2c1CCC(C(C)(C)C)C2.